The number of nitrogens with zero attached hydrogens (tertiary/aromatic N) is 3. The summed E-state index contributed by atoms with van der Waals surface area (Å²) in [6, 6.07) is 16.5. The fourth-order valence-corrected chi connectivity index (χ4v) is 4.53. The maximum atomic E-state index is 13.5. The maximum Gasteiger partial charge on any atom is 0.298 e. The van der Waals surface area contributed by atoms with Gasteiger partial charge in [-0.3, -0.25) is 9.59 Å². The van der Waals surface area contributed by atoms with Crippen LogP contribution in [0.25, 0.3) is 11.0 Å². The summed E-state index contributed by atoms with van der Waals surface area (Å²) in [5, 5.41) is 4.11. The molecule has 0 spiro atoms. The van der Waals surface area contributed by atoms with Gasteiger partial charge in [-0.1, -0.05) is 24.1 Å². The second-order valence-corrected chi connectivity index (χ2v) is 8.88. The number of ether oxygens (including phenoxy) is 1. The molecule has 2 N–H and O–H groups in total. The quantitative estimate of drug-likeness (QED) is 0.296. The number of anilines is 1. The Bertz CT molecular complexity index is 1470. The number of ketones is 1. The highest BCUT2D eigenvalue weighted by Crippen LogP contribution is 2.28. The number of para-hydroxylation sites is 1. The van der Waals surface area contributed by atoms with E-state index in [1.807, 2.05) is 30.3 Å². The van der Waals surface area contributed by atoms with E-state index in [4.69, 9.17) is 4.74 Å². The smallest absolute Gasteiger partial charge is 0.298 e. The average molecular weight is 494 g/mol. The summed E-state index contributed by atoms with van der Waals surface area (Å²) in [6.45, 7) is 2.87. The van der Waals surface area contributed by atoms with Gasteiger partial charge in [-0.25, -0.2) is 9.97 Å². The van der Waals surface area contributed by atoms with Crippen LogP contribution in [-0.2, 0) is 4.79 Å². The maximum absolute atomic E-state index is 13.5. The number of carbonyl (C=O) groups is 2. The molecule has 8 heteroatoms. The number of amides is 1. The number of carbonyl (C=O) groups excluding carboxylic acids is 2. The van der Waals surface area contributed by atoms with Gasteiger partial charge in [0.05, 0.1) is 10.9 Å². The van der Waals surface area contributed by atoms with Crippen LogP contribution in [0.2, 0.25) is 0 Å². The standard InChI is InChI=1S/C29H27N5O3/c1-2-8-25(35)34-16-7-6-9-21(18-34)33-29-26-24(17-30-28(26)31-19-32-29)27(36)20-12-14-23(15-13-20)37-22-10-4-3-5-11-22/h3-5,10-15,17,19,21H,6-7,9,16,18H2,1H3,(H2,30,31,32,33). The molecule has 0 bridgehead atoms. The van der Waals surface area contributed by atoms with E-state index in [1.54, 1.807) is 42.3 Å². The molecule has 186 valence electrons. The number of nitrogens with one attached hydrogen (secondary N) is 2. The number of fused-ring (bicyclic) bond motifs is 1. The molecule has 0 aliphatic carbocycles. The Morgan fingerprint density at radius 3 is 2.62 bits per heavy atom. The van der Waals surface area contributed by atoms with Gasteiger partial charge in [-0.05, 0) is 68.5 Å². The number of hydrogen-bond donors (Lipinski definition) is 2. The van der Waals surface area contributed by atoms with Crippen molar-refractivity contribution in [1.29, 1.82) is 0 Å². The first-order valence-corrected chi connectivity index (χ1v) is 12.3. The molecule has 2 aromatic carbocycles. The molecule has 1 saturated heterocycles. The van der Waals surface area contributed by atoms with Crippen LogP contribution in [0.3, 0.4) is 0 Å². The third-order valence-corrected chi connectivity index (χ3v) is 6.34. The van der Waals surface area contributed by atoms with Crippen molar-refractivity contribution in [2.24, 2.45) is 0 Å². The zero-order chi connectivity index (χ0) is 25.6. The van der Waals surface area contributed by atoms with Crippen molar-refractivity contribution < 1.29 is 14.3 Å². The van der Waals surface area contributed by atoms with Gasteiger partial charge in [0.2, 0.25) is 0 Å². The molecule has 1 fully saturated rings. The van der Waals surface area contributed by atoms with Gasteiger partial charge in [0.25, 0.3) is 5.91 Å². The van der Waals surface area contributed by atoms with Gasteiger partial charge in [0, 0.05) is 30.9 Å². The zero-order valence-corrected chi connectivity index (χ0v) is 20.5. The van der Waals surface area contributed by atoms with Crippen LogP contribution >= 0.6 is 0 Å². The molecule has 1 aliphatic rings. The molecule has 0 radical (unpaired) electrons. The molecule has 37 heavy (non-hydrogen) atoms. The minimum Gasteiger partial charge on any atom is -0.457 e. The SMILES string of the molecule is CC#CC(=O)N1CCCCC(Nc2ncnc3[nH]cc(C(=O)c4ccc(Oc5ccccc5)cc4)c23)C1. The van der Waals surface area contributed by atoms with Crippen LogP contribution < -0.4 is 10.1 Å². The third-order valence-electron chi connectivity index (χ3n) is 6.34. The minimum absolute atomic E-state index is 0.0181. The lowest BCUT2D eigenvalue weighted by molar-refractivity contribution is -0.125. The van der Waals surface area contributed by atoms with Crippen molar-refractivity contribution in [2.45, 2.75) is 32.2 Å². The van der Waals surface area contributed by atoms with Crippen molar-refractivity contribution >= 4 is 28.5 Å². The van der Waals surface area contributed by atoms with E-state index in [9.17, 15) is 9.59 Å². The second-order valence-electron chi connectivity index (χ2n) is 8.88. The first kappa shape index (κ1) is 24.1. The molecule has 5 rings (SSSR count). The number of aromatic amines is 1. The first-order chi connectivity index (χ1) is 18.1. The summed E-state index contributed by atoms with van der Waals surface area (Å²) < 4.78 is 5.84. The topological polar surface area (TPSA) is 100 Å². The van der Waals surface area contributed by atoms with E-state index in [1.165, 1.54) is 6.33 Å². The van der Waals surface area contributed by atoms with Crippen LogP contribution in [0.1, 0.15) is 42.1 Å². The number of H-pyrrole nitrogens is 1. The molecule has 2 aromatic heterocycles. The normalized spacial score (nSPS) is 15.4. The predicted octanol–water partition coefficient (Wildman–Crippen LogP) is 4.80. The van der Waals surface area contributed by atoms with Crippen molar-refractivity contribution in [1.82, 2.24) is 19.9 Å². The average Bonchev–Trinajstić information content (AvgIpc) is 3.22. The van der Waals surface area contributed by atoms with Crippen molar-refractivity contribution in [3.05, 3.63) is 78.2 Å². The number of aromatic nitrogens is 3. The molecule has 1 atom stereocenters. The highest BCUT2D eigenvalue weighted by Gasteiger charge is 2.24. The Morgan fingerprint density at radius 2 is 1.84 bits per heavy atom. The van der Waals surface area contributed by atoms with Gasteiger partial charge in [0.15, 0.2) is 5.78 Å². The van der Waals surface area contributed by atoms with E-state index in [0.717, 1.165) is 25.0 Å². The molecular weight excluding hydrogens is 466 g/mol. The fraction of sp³-hybridized carbons (Fsp3) is 0.241. The highest BCUT2D eigenvalue weighted by atomic mass is 16.5. The predicted molar refractivity (Wildman–Crippen MR) is 142 cm³/mol. The van der Waals surface area contributed by atoms with Gasteiger partial charge < -0.3 is 19.9 Å². The van der Waals surface area contributed by atoms with Crippen molar-refractivity contribution in [2.75, 3.05) is 18.4 Å². The summed E-state index contributed by atoms with van der Waals surface area (Å²) >= 11 is 0. The summed E-state index contributed by atoms with van der Waals surface area (Å²) in [7, 11) is 0. The van der Waals surface area contributed by atoms with Crippen LogP contribution in [-0.4, -0.2) is 50.7 Å². The Labute approximate surface area is 215 Å². The van der Waals surface area contributed by atoms with E-state index in [0.29, 0.717) is 46.8 Å². The Morgan fingerprint density at radius 1 is 1.05 bits per heavy atom. The van der Waals surface area contributed by atoms with Crippen molar-refractivity contribution in [3.63, 3.8) is 0 Å². The van der Waals surface area contributed by atoms with Gasteiger partial charge in [-0.15, -0.1) is 0 Å². The summed E-state index contributed by atoms with van der Waals surface area (Å²) in [4.78, 5) is 39.5. The minimum atomic E-state index is -0.166. The van der Waals surface area contributed by atoms with Gasteiger partial charge in [-0.2, -0.15) is 0 Å². The number of likely N-dealkylation sites (tertiary alicyclic amines) is 1. The van der Waals surface area contributed by atoms with E-state index in [-0.39, 0.29) is 17.7 Å². The Kier molecular flexibility index (Phi) is 7.13. The lowest BCUT2D eigenvalue weighted by atomic mass is 10.0. The summed E-state index contributed by atoms with van der Waals surface area (Å²) in [5.74, 6) is 6.96. The molecular formula is C29H27N5O3. The van der Waals surface area contributed by atoms with Gasteiger partial charge >= 0.3 is 0 Å². The van der Waals surface area contributed by atoms with E-state index >= 15 is 0 Å². The van der Waals surface area contributed by atoms with E-state index < -0.39 is 0 Å². The number of rotatable bonds is 6. The summed E-state index contributed by atoms with van der Waals surface area (Å²) in [6.07, 6.45) is 5.91. The molecule has 4 aromatic rings. The lowest BCUT2D eigenvalue weighted by Gasteiger charge is -2.24. The highest BCUT2D eigenvalue weighted by molar-refractivity contribution is 6.18. The van der Waals surface area contributed by atoms with Crippen molar-refractivity contribution in [3.8, 4) is 23.3 Å². The fourth-order valence-electron chi connectivity index (χ4n) is 4.53. The molecule has 1 amide bonds. The molecule has 3 heterocycles. The Balaban J connectivity index is 1.38. The number of hydrogen-bond acceptors (Lipinski definition) is 6. The molecule has 1 unspecified atom stereocenters. The van der Waals surface area contributed by atoms with Gasteiger partial charge in [0.1, 0.15) is 29.3 Å². The molecule has 0 saturated carbocycles. The summed E-state index contributed by atoms with van der Waals surface area (Å²) in [5.41, 5.74) is 1.58. The van der Waals surface area contributed by atoms with Crippen LogP contribution in [0, 0.1) is 11.8 Å². The van der Waals surface area contributed by atoms with Crippen LogP contribution in [0.4, 0.5) is 5.82 Å². The number of benzene rings is 2. The molecule has 8 nitrogen and oxygen atoms in total. The Hall–Kier alpha value is -4.64. The third kappa shape index (κ3) is 5.46. The van der Waals surface area contributed by atoms with Crippen LogP contribution in [0.15, 0.2) is 67.1 Å². The largest absolute Gasteiger partial charge is 0.457 e. The van der Waals surface area contributed by atoms with E-state index in [2.05, 4.69) is 32.1 Å². The first-order valence-electron chi connectivity index (χ1n) is 12.3. The second kappa shape index (κ2) is 11.0. The van der Waals surface area contributed by atoms with Crippen LogP contribution in [0.5, 0.6) is 11.5 Å². The monoisotopic (exact) mass is 493 g/mol. The lowest BCUT2D eigenvalue weighted by Crippen LogP contribution is -2.38. The zero-order valence-electron chi connectivity index (χ0n) is 20.5. The molecule has 1 aliphatic heterocycles.